The van der Waals surface area contributed by atoms with Gasteiger partial charge in [0.2, 0.25) is 0 Å². The molecule has 1 N–H and O–H groups in total. The van der Waals surface area contributed by atoms with Crippen LogP contribution in [0, 0.1) is 17.9 Å². The van der Waals surface area contributed by atoms with E-state index >= 15 is 0 Å². The van der Waals surface area contributed by atoms with Crippen LogP contribution in [0.25, 0.3) is 15.8 Å². The summed E-state index contributed by atoms with van der Waals surface area (Å²) in [4.78, 5) is 21.3. The first kappa shape index (κ1) is 28.5. The van der Waals surface area contributed by atoms with Gasteiger partial charge in [0.1, 0.15) is 17.4 Å². The molecule has 218 valence electrons. The van der Waals surface area contributed by atoms with E-state index in [1.807, 2.05) is 48.5 Å². The minimum Gasteiger partial charge on any atom is -0.490 e. The predicted octanol–water partition coefficient (Wildman–Crippen LogP) is 6.29. The second kappa shape index (κ2) is 13.1. The lowest BCUT2D eigenvalue weighted by Crippen LogP contribution is -2.44. The van der Waals surface area contributed by atoms with Crippen molar-refractivity contribution < 1.29 is 13.9 Å². The zero-order valence-corrected chi connectivity index (χ0v) is 24.2. The van der Waals surface area contributed by atoms with Crippen molar-refractivity contribution in [3.05, 3.63) is 107 Å². The molecule has 6 rings (SSSR count). The smallest absolute Gasteiger partial charge is 0.287 e. The Balaban J connectivity index is 0.965. The number of amides is 1. The monoisotopic (exact) mass is 573 g/mol. The van der Waals surface area contributed by atoms with Gasteiger partial charge in [-0.05, 0) is 79.3 Å². The van der Waals surface area contributed by atoms with E-state index in [1.54, 1.807) is 12.1 Å². The summed E-state index contributed by atoms with van der Waals surface area (Å²) in [7, 11) is 0. The Bertz CT molecular complexity index is 1630. The summed E-state index contributed by atoms with van der Waals surface area (Å²) in [5.41, 5.74) is 4.42. The zero-order valence-electron chi connectivity index (χ0n) is 24.2. The Labute approximate surface area is 252 Å². The van der Waals surface area contributed by atoms with Crippen LogP contribution in [-0.2, 0) is 13.1 Å². The van der Waals surface area contributed by atoms with E-state index in [2.05, 4.69) is 38.2 Å². The molecule has 3 aromatic carbocycles. The molecule has 4 aromatic rings. The lowest BCUT2D eigenvalue weighted by Gasteiger charge is -2.32. The number of carbonyl (C=O) groups excluding carboxylic acids is 1. The Kier molecular flexibility index (Phi) is 8.70. The average molecular weight is 574 g/mol. The number of ether oxygens (including phenoxy) is 1. The number of nitrogens with one attached hydrogen (secondary N) is 1. The van der Waals surface area contributed by atoms with Crippen LogP contribution >= 0.6 is 0 Å². The molecular formula is C35H35N5O3. The molecular weight excluding hydrogens is 538 g/mol. The maximum absolute atomic E-state index is 13.0. The number of fused-ring (bicyclic) bond motifs is 1. The largest absolute Gasteiger partial charge is 0.490 e. The van der Waals surface area contributed by atoms with Gasteiger partial charge in [-0.1, -0.05) is 30.3 Å². The van der Waals surface area contributed by atoms with E-state index in [1.165, 1.54) is 11.1 Å². The Morgan fingerprint density at radius 2 is 1.56 bits per heavy atom. The molecule has 0 saturated carbocycles. The minimum atomic E-state index is -0.158. The van der Waals surface area contributed by atoms with E-state index < -0.39 is 0 Å². The van der Waals surface area contributed by atoms with Crippen LogP contribution in [0.5, 0.6) is 5.75 Å². The second-order valence-electron chi connectivity index (χ2n) is 11.5. The highest BCUT2D eigenvalue weighted by Crippen LogP contribution is 2.25. The molecule has 43 heavy (non-hydrogen) atoms. The predicted molar refractivity (Wildman–Crippen MR) is 165 cm³/mol. The van der Waals surface area contributed by atoms with Crippen molar-refractivity contribution >= 4 is 22.6 Å². The number of hydrogen-bond donors (Lipinski definition) is 1. The SMILES string of the molecule is [C-]#[N+]c1ccc(OC2CCN(Cc3ccc4oc(C(=O)NC5CCN(Cc6ccc(C#N)cc6)CC5)cc4c3)CC2)cc1. The molecule has 1 aromatic heterocycles. The molecule has 0 unspecified atom stereocenters. The van der Waals surface area contributed by atoms with Gasteiger partial charge in [-0.15, -0.1) is 0 Å². The number of likely N-dealkylation sites (tertiary alicyclic amines) is 2. The van der Waals surface area contributed by atoms with E-state index in [0.29, 0.717) is 17.0 Å². The minimum absolute atomic E-state index is 0.124. The first-order chi connectivity index (χ1) is 21.0. The normalized spacial score (nSPS) is 16.9. The topological polar surface area (TPSA) is 86.1 Å². The number of piperidine rings is 2. The fourth-order valence-corrected chi connectivity index (χ4v) is 5.97. The third-order valence-electron chi connectivity index (χ3n) is 8.43. The van der Waals surface area contributed by atoms with E-state index in [-0.39, 0.29) is 18.1 Å². The molecule has 0 bridgehead atoms. The molecule has 2 fully saturated rings. The van der Waals surface area contributed by atoms with Crippen LogP contribution in [0.4, 0.5) is 5.69 Å². The number of nitrogens with zero attached hydrogens (tertiary/aromatic N) is 4. The summed E-state index contributed by atoms with van der Waals surface area (Å²) in [6, 6.07) is 25.4. The maximum Gasteiger partial charge on any atom is 0.287 e. The fraction of sp³-hybridized carbons (Fsp3) is 0.343. The molecule has 3 heterocycles. The van der Waals surface area contributed by atoms with Crippen molar-refractivity contribution in [2.75, 3.05) is 26.2 Å². The first-order valence-electron chi connectivity index (χ1n) is 15.0. The van der Waals surface area contributed by atoms with Crippen molar-refractivity contribution in [1.29, 1.82) is 5.26 Å². The highest BCUT2D eigenvalue weighted by molar-refractivity contribution is 5.96. The fourth-order valence-electron chi connectivity index (χ4n) is 5.97. The summed E-state index contributed by atoms with van der Waals surface area (Å²) in [5.74, 6) is 1.02. The third kappa shape index (κ3) is 7.24. The van der Waals surface area contributed by atoms with Crippen LogP contribution < -0.4 is 10.1 Å². The summed E-state index contributed by atoms with van der Waals surface area (Å²) in [5, 5.41) is 13.1. The van der Waals surface area contributed by atoms with Crippen molar-refractivity contribution in [3.8, 4) is 11.8 Å². The average Bonchev–Trinajstić information content (AvgIpc) is 3.48. The molecule has 2 saturated heterocycles. The van der Waals surface area contributed by atoms with E-state index in [4.69, 9.17) is 21.0 Å². The van der Waals surface area contributed by atoms with Crippen LogP contribution in [0.15, 0.2) is 77.2 Å². The first-order valence-corrected chi connectivity index (χ1v) is 15.0. The van der Waals surface area contributed by atoms with E-state index in [9.17, 15) is 4.79 Å². The number of carbonyl (C=O) groups is 1. The maximum atomic E-state index is 13.0. The van der Waals surface area contributed by atoms with Gasteiger partial charge in [0.25, 0.3) is 5.91 Å². The Hall–Kier alpha value is -4.63. The number of rotatable bonds is 8. The number of hydrogen-bond acceptors (Lipinski definition) is 6. The summed E-state index contributed by atoms with van der Waals surface area (Å²) in [6.07, 6.45) is 3.88. The van der Waals surface area contributed by atoms with Gasteiger partial charge >= 0.3 is 0 Å². The van der Waals surface area contributed by atoms with Crippen molar-refractivity contribution in [2.45, 2.75) is 50.9 Å². The third-order valence-corrected chi connectivity index (χ3v) is 8.43. The van der Waals surface area contributed by atoms with Crippen molar-refractivity contribution in [3.63, 3.8) is 0 Å². The van der Waals surface area contributed by atoms with Gasteiger partial charge in [-0.3, -0.25) is 14.6 Å². The Morgan fingerprint density at radius 3 is 2.23 bits per heavy atom. The number of furan rings is 1. The quantitative estimate of drug-likeness (QED) is 0.249. The highest BCUT2D eigenvalue weighted by Gasteiger charge is 2.24. The molecule has 0 atom stereocenters. The van der Waals surface area contributed by atoms with Gasteiger partial charge < -0.3 is 14.5 Å². The highest BCUT2D eigenvalue weighted by atomic mass is 16.5. The van der Waals surface area contributed by atoms with Gasteiger partial charge in [-0.25, -0.2) is 4.85 Å². The molecule has 8 heteroatoms. The summed E-state index contributed by atoms with van der Waals surface area (Å²) in [6.45, 7) is 12.5. The van der Waals surface area contributed by atoms with Crippen LogP contribution in [-0.4, -0.2) is 54.0 Å². The molecule has 0 aliphatic carbocycles. The molecule has 8 nitrogen and oxygen atoms in total. The lowest BCUT2D eigenvalue weighted by atomic mass is 10.0. The Morgan fingerprint density at radius 1 is 0.907 bits per heavy atom. The molecule has 2 aliphatic heterocycles. The number of benzene rings is 3. The van der Waals surface area contributed by atoms with Gasteiger partial charge in [-0.2, -0.15) is 5.26 Å². The van der Waals surface area contributed by atoms with Crippen LogP contribution in [0.1, 0.15) is 52.9 Å². The second-order valence-corrected chi connectivity index (χ2v) is 11.5. The van der Waals surface area contributed by atoms with Gasteiger partial charge in [0.05, 0.1) is 18.2 Å². The van der Waals surface area contributed by atoms with Crippen molar-refractivity contribution in [2.24, 2.45) is 0 Å². The lowest BCUT2D eigenvalue weighted by molar-refractivity contribution is 0.0883. The number of nitriles is 1. The molecule has 0 radical (unpaired) electrons. The van der Waals surface area contributed by atoms with Gasteiger partial charge in [0, 0.05) is 50.7 Å². The molecule has 1 amide bonds. The van der Waals surface area contributed by atoms with Crippen LogP contribution in [0.3, 0.4) is 0 Å². The zero-order chi connectivity index (χ0) is 29.6. The summed E-state index contributed by atoms with van der Waals surface area (Å²) < 4.78 is 12.1. The van der Waals surface area contributed by atoms with Gasteiger partial charge in [0.15, 0.2) is 11.4 Å². The van der Waals surface area contributed by atoms with Crippen LogP contribution in [0.2, 0.25) is 0 Å². The summed E-state index contributed by atoms with van der Waals surface area (Å²) >= 11 is 0. The van der Waals surface area contributed by atoms with E-state index in [0.717, 1.165) is 81.7 Å². The van der Waals surface area contributed by atoms with Crippen molar-refractivity contribution in [1.82, 2.24) is 15.1 Å². The standard InChI is InChI=1S/C35H35N5O3/c1-37-29-7-9-31(10-8-29)42-32-14-18-40(19-15-32)24-27-6-11-33-28(20-27)21-34(43-33)35(41)38-30-12-16-39(17-13-30)23-26-4-2-25(22-36)3-5-26/h2-11,20-21,30,32H,12-19,23-24H2,(H,38,41). The molecule has 0 spiro atoms. The molecule has 2 aliphatic rings.